The van der Waals surface area contributed by atoms with Gasteiger partial charge in [-0.15, -0.1) is 0 Å². The van der Waals surface area contributed by atoms with Crippen LogP contribution in [0.2, 0.25) is 0 Å². The van der Waals surface area contributed by atoms with Crippen LogP contribution in [0, 0.1) is 31.1 Å². The maximum absolute atomic E-state index is 12.8. The molecule has 1 aromatic rings. The zero-order valence-electron chi connectivity index (χ0n) is 15.4. The van der Waals surface area contributed by atoms with Crippen LogP contribution in [-0.2, 0) is 11.3 Å². The molecular formula is C20H29N3O. The smallest absolute Gasteiger partial charge is 0.264 e. The minimum Gasteiger partial charge on any atom is -0.349 e. The number of nitrogens with zero attached hydrogens (tertiary/aromatic N) is 3. The van der Waals surface area contributed by atoms with Crippen LogP contribution in [-0.4, -0.2) is 28.5 Å². The summed E-state index contributed by atoms with van der Waals surface area (Å²) >= 11 is 0. The highest BCUT2D eigenvalue weighted by molar-refractivity contribution is 6.01. The molecule has 4 nitrogen and oxygen atoms in total. The molecule has 2 rings (SSSR count). The lowest BCUT2D eigenvalue weighted by molar-refractivity contribution is -0.126. The lowest BCUT2D eigenvalue weighted by Crippen LogP contribution is -2.32. The van der Waals surface area contributed by atoms with Gasteiger partial charge in [0.2, 0.25) is 0 Å². The Morgan fingerprint density at radius 3 is 2.79 bits per heavy atom. The molecule has 2 heterocycles. The Kier molecular flexibility index (Phi) is 6.25. The third-order valence-corrected chi connectivity index (χ3v) is 5.01. The molecule has 0 radical (unpaired) electrons. The minimum absolute atomic E-state index is 0.119. The van der Waals surface area contributed by atoms with Crippen LogP contribution in [0.4, 0.5) is 0 Å². The van der Waals surface area contributed by atoms with E-state index in [1.807, 2.05) is 4.90 Å². The van der Waals surface area contributed by atoms with E-state index in [0.29, 0.717) is 5.92 Å². The predicted molar refractivity (Wildman–Crippen MR) is 97.4 cm³/mol. The van der Waals surface area contributed by atoms with Gasteiger partial charge in [-0.05, 0) is 63.2 Å². The third kappa shape index (κ3) is 4.08. The molecule has 1 atom stereocenters. The van der Waals surface area contributed by atoms with Gasteiger partial charge in [0.15, 0.2) is 0 Å². The van der Waals surface area contributed by atoms with Crippen LogP contribution in [0.15, 0.2) is 11.6 Å². The number of carbonyl (C=O) groups excluding carboxylic acids is 1. The van der Waals surface area contributed by atoms with Crippen molar-refractivity contribution in [2.45, 2.75) is 59.9 Å². The highest BCUT2D eigenvalue weighted by Crippen LogP contribution is 2.21. The van der Waals surface area contributed by atoms with Crippen molar-refractivity contribution in [1.29, 1.82) is 5.26 Å². The molecule has 0 bridgehead atoms. The quantitative estimate of drug-likeness (QED) is 0.618. The van der Waals surface area contributed by atoms with Crippen molar-refractivity contribution in [3.05, 3.63) is 28.6 Å². The molecule has 24 heavy (non-hydrogen) atoms. The van der Waals surface area contributed by atoms with Crippen LogP contribution in [0.5, 0.6) is 0 Å². The van der Waals surface area contributed by atoms with Crippen molar-refractivity contribution >= 4 is 12.0 Å². The maximum atomic E-state index is 12.8. The molecule has 0 N–H and O–H groups in total. The van der Waals surface area contributed by atoms with Crippen LogP contribution in [0.3, 0.4) is 0 Å². The van der Waals surface area contributed by atoms with Crippen molar-refractivity contribution in [2.75, 3.05) is 13.1 Å². The standard InChI is InChI=1S/C20H29N3O/c1-5-9-23-16(3)12-18(17(23)4)13-19(14-21)20(24)22-10-6-7-15(2)8-11-22/h12-13,15H,5-11H2,1-4H3/b19-13+/t15-/m1/s1. The highest BCUT2D eigenvalue weighted by Gasteiger charge is 2.22. The van der Waals surface area contributed by atoms with Gasteiger partial charge in [0.1, 0.15) is 11.6 Å². The summed E-state index contributed by atoms with van der Waals surface area (Å²) in [5.41, 5.74) is 3.53. The van der Waals surface area contributed by atoms with Gasteiger partial charge >= 0.3 is 0 Å². The number of hydrogen-bond donors (Lipinski definition) is 0. The Labute approximate surface area is 145 Å². The third-order valence-electron chi connectivity index (χ3n) is 5.01. The van der Waals surface area contributed by atoms with E-state index in [0.717, 1.165) is 56.6 Å². The fraction of sp³-hybridized carbons (Fsp3) is 0.600. The molecule has 1 fully saturated rings. The lowest BCUT2D eigenvalue weighted by Gasteiger charge is -2.19. The Balaban J connectivity index is 2.24. The molecular weight excluding hydrogens is 298 g/mol. The second-order valence-corrected chi connectivity index (χ2v) is 6.98. The van der Waals surface area contributed by atoms with E-state index in [9.17, 15) is 10.1 Å². The van der Waals surface area contributed by atoms with E-state index in [-0.39, 0.29) is 11.5 Å². The van der Waals surface area contributed by atoms with E-state index in [1.165, 1.54) is 5.69 Å². The number of hydrogen-bond acceptors (Lipinski definition) is 2. The molecule has 1 amide bonds. The number of rotatable bonds is 4. The molecule has 1 saturated heterocycles. The normalized spacial score (nSPS) is 19.0. The lowest BCUT2D eigenvalue weighted by atomic mass is 10.0. The Bertz CT molecular complexity index is 663. The largest absolute Gasteiger partial charge is 0.349 e. The topological polar surface area (TPSA) is 49.0 Å². The Morgan fingerprint density at radius 2 is 2.12 bits per heavy atom. The fourth-order valence-electron chi connectivity index (χ4n) is 3.48. The van der Waals surface area contributed by atoms with Gasteiger partial charge < -0.3 is 9.47 Å². The van der Waals surface area contributed by atoms with Crippen molar-refractivity contribution in [3.8, 4) is 6.07 Å². The summed E-state index contributed by atoms with van der Waals surface area (Å²) in [6.45, 7) is 11.0. The number of nitriles is 1. The van der Waals surface area contributed by atoms with Crippen molar-refractivity contribution in [2.24, 2.45) is 5.92 Å². The number of aromatic nitrogens is 1. The SMILES string of the molecule is CCCn1c(C)cc(/C=C(\C#N)C(=O)N2CCC[C@@H](C)CC2)c1C. The van der Waals surface area contributed by atoms with Crippen LogP contribution in [0.1, 0.15) is 56.5 Å². The van der Waals surface area contributed by atoms with Crippen molar-refractivity contribution < 1.29 is 4.79 Å². The van der Waals surface area contributed by atoms with E-state index >= 15 is 0 Å². The fourth-order valence-corrected chi connectivity index (χ4v) is 3.48. The first-order valence-corrected chi connectivity index (χ1v) is 9.05. The Morgan fingerprint density at radius 1 is 1.38 bits per heavy atom. The molecule has 0 aliphatic carbocycles. The van der Waals surface area contributed by atoms with Crippen LogP contribution in [0.25, 0.3) is 6.08 Å². The summed E-state index contributed by atoms with van der Waals surface area (Å²) in [6.07, 6.45) is 6.04. The average Bonchev–Trinajstić information content (AvgIpc) is 2.72. The number of carbonyl (C=O) groups is 1. The minimum atomic E-state index is -0.119. The average molecular weight is 327 g/mol. The molecule has 0 spiro atoms. The van der Waals surface area contributed by atoms with E-state index in [1.54, 1.807) is 6.08 Å². The summed E-state index contributed by atoms with van der Waals surface area (Å²) in [7, 11) is 0. The summed E-state index contributed by atoms with van der Waals surface area (Å²) < 4.78 is 2.25. The number of amides is 1. The monoisotopic (exact) mass is 327 g/mol. The zero-order valence-corrected chi connectivity index (χ0v) is 15.4. The Hall–Kier alpha value is -2.02. The molecule has 1 aliphatic rings. The van der Waals surface area contributed by atoms with Crippen LogP contribution < -0.4 is 0 Å². The summed E-state index contributed by atoms with van der Waals surface area (Å²) in [5.74, 6) is 0.539. The first-order valence-electron chi connectivity index (χ1n) is 9.05. The maximum Gasteiger partial charge on any atom is 0.264 e. The first kappa shape index (κ1) is 18.3. The number of likely N-dealkylation sites (tertiary alicyclic amines) is 1. The van der Waals surface area contributed by atoms with Crippen LogP contribution >= 0.6 is 0 Å². The van der Waals surface area contributed by atoms with Gasteiger partial charge in [0.25, 0.3) is 5.91 Å². The molecule has 130 valence electrons. The van der Waals surface area contributed by atoms with E-state index in [4.69, 9.17) is 0 Å². The molecule has 0 saturated carbocycles. The zero-order chi connectivity index (χ0) is 17.7. The summed E-state index contributed by atoms with van der Waals surface area (Å²) in [5, 5.41) is 9.51. The highest BCUT2D eigenvalue weighted by atomic mass is 16.2. The van der Waals surface area contributed by atoms with Crippen molar-refractivity contribution in [1.82, 2.24) is 9.47 Å². The molecule has 0 aromatic carbocycles. The second-order valence-electron chi connectivity index (χ2n) is 6.98. The number of aryl methyl sites for hydroxylation is 1. The van der Waals surface area contributed by atoms with Gasteiger partial charge in [-0.25, -0.2) is 0 Å². The van der Waals surface area contributed by atoms with E-state index < -0.39 is 0 Å². The van der Waals surface area contributed by atoms with Gasteiger partial charge in [0.05, 0.1) is 0 Å². The summed E-state index contributed by atoms with van der Waals surface area (Å²) in [4.78, 5) is 14.6. The molecule has 0 unspecified atom stereocenters. The van der Waals surface area contributed by atoms with E-state index in [2.05, 4.69) is 44.4 Å². The van der Waals surface area contributed by atoms with Gasteiger partial charge in [-0.1, -0.05) is 13.8 Å². The molecule has 1 aliphatic heterocycles. The second kappa shape index (κ2) is 8.19. The molecule has 4 heteroatoms. The van der Waals surface area contributed by atoms with Gasteiger partial charge in [-0.2, -0.15) is 5.26 Å². The van der Waals surface area contributed by atoms with Gasteiger partial charge in [-0.3, -0.25) is 4.79 Å². The van der Waals surface area contributed by atoms with Crippen molar-refractivity contribution in [3.63, 3.8) is 0 Å². The molecule has 1 aromatic heterocycles. The van der Waals surface area contributed by atoms with Gasteiger partial charge in [0, 0.05) is 31.0 Å². The predicted octanol–water partition coefficient (Wildman–Crippen LogP) is 4.07. The first-order chi connectivity index (χ1) is 11.5. The summed E-state index contributed by atoms with van der Waals surface area (Å²) in [6, 6.07) is 4.20.